The molecular weight excluding hydrogens is 398 g/mol. The van der Waals surface area contributed by atoms with Crippen LogP contribution in [0.5, 0.6) is 5.75 Å². The van der Waals surface area contributed by atoms with E-state index in [-0.39, 0.29) is 12.5 Å². The zero-order valence-electron chi connectivity index (χ0n) is 16.4. The van der Waals surface area contributed by atoms with Crippen LogP contribution < -0.4 is 4.74 Å². The van der Waals surface area contributed by atoms with Gasteiger partial charge in [-0.25, -0.2) is 8.51 Å². The summed E-state index contributed by atoms with van der Waals surface area (Å²) in [5, 5.41) is 11.1. The van der Waals surface area contributed by atoms with Crippen molar-refractivity contribution in [3.8, 4) is 11.8 Å². The number of fused-ring (bicyclic) bond motifs is 1. The second kappa shape index (κ2) is 9.08. The van der Waals surface area contributed by atoms with Gasteiger partial charge in [-0.3, -0.25) is 4.79 Å². The van der Waals surface area contributed by atoms with Crippen molar-refractivity contribution in [2.24, 2.45) is 0 Å². The highest BCUT2D eigenvalue weighted by Crippen LogP contribution is 2.20. The summed E-state index contributed by atoms with van der Waals surface area (Å²) in [4.78, 5) is 15.0. The van der Waals surface area contributed by atoms with Gasteiger partial charge in [-0.1, -0.05) is 36.4 Å². The quantitative estimate of drug-likeness (QED) is 0.637. The molecule has 0 saturated carbocycles. The van der Waals surface area contributed by atoms with Crippen LogP contribution in [-0.4, -0.2) is 52.1 Å². The van der Waals surface area contributed by atoms with Crippen molar-refractivity contribution in [1.82, 2.24) is 9.21 Å². The number of ether oxygens (including phenoxy) is 1. The summed E-state index contributed by atoms with van der Waals surface area (Å²) >= 11 is 0. The van der Waals surface area contributed by atoms with Gasteiger partial charge in [-0.15, -0.1) is 0 Å². The third-order valence-corrected chi connectivity index (χ3v) is 6.57. The van der Waals surface area contributed by atoms with E-state index in [1.807, 2.05) is 52.8 Å². The third-order valence-electron chi connectivity index (χ3n) is 5.07. The number of nitriles is 1. The van der Waals surface area contributed by atoms with Crippen molar-refractivity contribution >= 4 is 27.7 Å². The van der Waals surface area contributed by atoms with Crippen LogP contribution in [0.25, 0.3) is 10.8 Å². The molecule has 152 valence electrons. The summed E-state index contributed by atoms with van der Waals surface area (Å²) in [6.45, 7) is 1.99. The summed E-state index contributed by atoms with van der Waals surface area (Å²) in [5.74, 6) is 0.381. The fourth-order valence-electron chi connectivity index (χ4n) is 3.42. The van der Waals surface area contributed by atoms with Crippen molar-refractivity contribution in [3.63, 3.8) is 0 Å². The predicted octanol–water partition coefficient (Wildman–Crippen LogP) is 2.96. The fraction of sp³-hybridized carbons (Fsp3) is 0.217. The van der Waals surface area contributed by atoms with Gasteiger partial charge in [0.05, 0.1) is 16.5 Å². The highest BCUT2D eigenvalue weighted by atomic mass is 32.2. The molecule has 0 radical (unpaired) electrons. The van der Waals surface area contributed by atoms with Gasteiger partial charge in [-0.05, 0) is 41.1 Å². The molecule has 1 unspecified atom stereocenters. The number of nitrogens with zero attached hydrogens (tertiary/aromatic N) is 3. The van der Waals surface area contributed by atoms with Gasteiger partial charge in [0.1, 0.15) is 16.7 Å². The van der Waals surface area contributed by atoms with Crippen LogP contribution in [0.2, 0.25) is 0 Å². The van der Waals surface area contributed by atoms with Crippen molar-refractivity contribution in [3.05, 3.63) is 72.3 Å². The number of hydrogen-bond donors (Lipinski definition) is 0. The second-order valence-corrected chi connectivity index (χ2v) is 8.48. The Bertz CT molecular complexity index is 1130. The first-order valence-electron chi connectivity index (χ1n) is 9.70. The van der Waals surface area contributed by atoms with Crippen LogP contribution in [0, 0.1) is 11.3 Å². The van der Waals surface area contributed by atoms with E-state index in [2.05, 4.69) is 0 Å². The Labute approximate surface area is 177 Å². The Balaban J connectivity index is 1.31. The Morgan fingerprint density at radius 1 is 0.967 bits per heavy atom. The maximum Gasteiger partial charge on any atom is 0.260 e. The minimum Gasteiger partial charge on any atom is -0.484 e. The lowest BCUT2D eigenvalue weighted by Crippen LogP contribution is -2.50. The lowest BCUT2D eigenvalue weighted by atomic mass is 10.1. The number of carbonyl (C=O) groups excluding carboxylic acids is 1. The van der Waals surface area contributed by atoms with Gasteiger partial charge in [0.2, 0.25) is 0 Å². The van der Waals surface area contributed by atoms with Gasteiger partial charge in [0.15, 0.2) is 6.61 Å². The molecule has 0 aliphatic carbocycles. The first-order chi connectivity index (χ1) is 14.6. The SMILES string of the molecule is N#Cc1cccc(OCC(=O)N2CCN(S(=O)c3ccc4ccccc4c3)CC2)c1. The van der Waals surface area contributed by atoms with E-state index < -0.39 is 11.0 Å². The van der Waals surface area contributed by atoms with Crippen molar-refractivity contribution in [1.29, 1.82) is 5.26 Å². The average molecular weight is 420 g/mol. The standard InChI is InChI=1S/C23H21N3O3S/c24-16-18-4-3-7-21(14-18)29-17-23(27)25-10-12-26(13-11-25)30(28)22-9-8-19-5-1-2-6-20(19)15-22/h1-9,14-15H,10-13,17H2. The molecule has 7 heteroatoms. The highest BCUT2D eigenvalue weighted by Gasteiger charge is 2.25. The summed E-state index contributed by atoms with van der Waals surface area (Å²) in [6, 6.07) is 22.6. The number of amides is 1. The Hall–Kier alpha value is -3.21. The number of hydrogen-bond acceptors (Lipinski definition) is 4. The molecule has 1 fully saturated rings. The second-order valence-electron chi connectivity index (χ2n) is 7.00. The molecule has 3 aromatic rings. The van der Waals surface area contributed by atoms with Crippen molar-refractivity contribution < 1.29 is 13.7 Å². The highest BCUT2D eigenvalue weighted by molar-refractivity contribution is 7.82. The Morgan fingerprint density at radius 2 is 1.73 bits per heavy atom. The molecular formula is C23H21N3O3S. The van der Waals surface area contributed by atoms with Gasteiger partial charge < -0.3 is 9.64 Å². The van der Waals surface area contributed by atoms with E-state index >= 15 is 0 Å². The first-order valence-corrected chi connectivity index (χ1v) is 10.8. The summed E-state index contributed by atoms with van der Waals surface area (Å²) in [6.07, 6.45) is 0. The maximum absolute atomic E-state index is 13.0. The van der Waals surface area contributed by atoms with Crippen LogP contribution in [0.4, 0.5) is 0 Å². The smallest absolute Gasteiger partial charge is 0.260 e. The molecule has 6 nitrogen and oxygen atoms in total. The molecule has 0 aromatic heterocycles. The molecule has 1 aliphatic heterocycles. The summed E-state index contributed by atoms with van der Waals surface area (Å²) < 4.78 is 20.4. The molecule has 1 saturated heterocycles. The molecule has 1 aliphatic rings. The third kappa shape index (κ3) is 4.51. The molecule has 30 heavy (non-hydrogen) atoms. The van der Waals surface area contributed by atoms with Gasteiger partial charge in [0.25, 0.3) is 5.91 Å². The maximum atomic E-state index is 13.0. The zero-order valence-corrected chi connectivity index (χ0v) is 17.2. The van der Waals surface area contributed by atoms with Crippen LogP contribution in [0.1, 0.15) is 5.56 Å². The molecule has 4 rings (SSSR count). The van der Waals surface area contributed by atoms with E-state index in [9.17, 15) is 9.00 Å². The lowest BCUT2D eigenvalue weighted by molar-refractivity contribution is -0.134. The summed E-state index contributed by atoms with van der Waals surface area (Å²) in [7, 11) is -1.26. The van der Waals surface area contributed by atoms with Crippen LogP contribution >= 0.6 is 0 Å². The average Bonchev–Trinajstić information content (AvgIpc) is 2.82. The number of piperazine rings is 1. The van der Waals surface area contributed by atoms with Crippen molar-refractivity contribution in [2.75, 3.05) is 32.8 Å². The number of rotatable bonds is 5. The van der Waals surface area contributed by atoms with E-state index in [4.69, 9.17) is 10.00 Å². The predicted molar refractivity (Wildman–Crippen MR) is 115 cm³/mol. The van der Waals surface area contributed by atoms with Crippen LogP contribution in [-0.2, 0) is 15.8 Å². The minimum atomic E-state index is -1.26. The Morgan fingerprint density at radius 3 is 2.50 bits per heavy atom. The molecule has 0 N–H and O–H groups in total. The topological polar surface area (TPSA) is 73.6 Å². The van der Waals surface area contributed by atoms with Crippen LogP contribution in [0.15, 0.2) is 71.6 Å². The number of carbonyl (C=O) groups is 1. The van der Waals surface area contributed by atoms with Crippen LogP contribution in [0.3, 0.4) is 0 Å². The monoisotopic (exact) mass is 419 g/mol. The van der Waals surface area contributed by atoms with E-state index in [1.54, 1.807) is 29.2 Å². The molecule has 1 heterocycles. The molecule has 0 bridgehead atoms. The molecule has 3 aromatic carbocycles. The molecule has 1 atom stereocenters. The number of benzene rings is 3. The first kappa shape index (κ1) is 20.1. The minimum absolute atomic E-state index is 0.0807. The largest absolute Gasteiger partial charge is 0.484 e. The normalized spacial score (nSPS) is 15.5. The van der Waals surface area contributed by atoms with Gasteiger partial charge in [-0.2, -0.15) is 5.26 Å². The summed E-state index contributed by atoms with van der Waals surface area (Å²) in [5.41, 5.74) is 0.490. The van der Waals surface area contributed by atoms with E-state index in [1.165, 1.54) is 0 Å². The van der Waals surface area contributed by atoms with Gasteiger partial charge in [0, 0.05) is 26.2 Å². The van der Waals surface area contributed by atoms with E-state index in [0.29, 0.717) is 37.5 Å². The van der Waals surface area contributed by atoms with Crippen molar-refractivity contribution in [2.45, 2.75) is 4.90 Å². The molecule has 0 spiro atoms. The van der Waals surface area contributed by atoms with Gasteiger partial charge >= 0.3 is 0 Å². The zero-order chi connectivity index (χ0) is 20.9. The Kier molecular flexibility index (Phi) is 6.07. The molecule has 1 amide bonds. The lowest BCUT2D eigenvalue weighted by Gasteiger charge is -2.33. The van der Waals surface area contributed by atoms with E-state index in [0.717, 1.165) is 15.7 Å². The fourth-order valence-corrected chi connectivity index (χ4v) is 4.63.